The zero-order valence-electron chi connectivity index (χ0n) is 18.0. The monoisotopic (exact) mass is 444 g/mol. The van der Waals surface area contributed by atoms with Crippen LogP contribution in [-0.4, -0.2) is 29.5 Å². The van der Waals surface area contributed by atoms with Crippen LogP contribution in [0.5, 0.6) is 0 Å². The molecular weight excluding hydrogens is 416 g/mol. The molecule has 31 heavy (non-hydrogen) atoms. The van der Waals surface area contributed by atoms with E-state index >= 15 is 0 Å². The Bertz CT molecular complexity index is 1220. The molecule has 0 unspecified atom stereocenters. The first-order valence-corrected chi connectivity index (χ1v) is 11.8. The van der Waals surface area contributed by atoms with Gasteiger partial charge < -0.3 is 5.32 Å². The van der Waals surface area contributed by atoms with Crippen molar-refractivity contribution in [3.05, 3.63) is 59.0 Å². The van der Waals surface area contributed by atoms with E-state index in [2.05, 4.69) is 10.0 Å². The van der Waals surface area contributed by atoms with Crippen LogP contribution in [0.25, 0.3) is 11.0 Å². The quantitative estimate of drug-likeness (QED) is 0.530. The van der Waals surface area contributed by atoms with Crippen molar-refractivity contribution in [1.82, 2.24) is 13.9 Å². The Morgan fingerprint density at radius 2 is 1.55 bits per heavy atom. The fourth-order valence-corrected chi connectivity index (χ4v) is 4.71. The molecule has 1 heterocycles. The largest absolute Gasteiger partial charge is 0.329 e. The third-order valence-electron chi connectivity index (χ3n) is 4.77. The van der Waals surface area contributed by atoms with Crippen LogP contribution in [0.3, 0.4) is 0 Å². The predicted octanol–water partition coefficient (Wildman–Crippen LogP) is 2.93. The summed E-state index contributed by atoms with van der Waals surface area (Å²) >= 11 is 0. The minimum Gasteiger partial charge on any atom is -0.326 e. The highest BCUT2D eigenvalue weighted by molar-refractivity contribution is 7.89. The molecule has 0 atom stereocenters. The van der Waals surface area contributed by atoms with Crippen molar-refractivity contribution in [1.29, 1.82) is 0 Å². The van der Waals surface area contributed by atoms with Gasteiger partial charge in [0, 0.05) is 31.2 Å². The molecule has 0 spiro atoms. The van der Waals surface area contributed by atoms with Crippen molar-refractivity contribution in [3.8, 4) is 0 Å². The van der Waals surface area contributed by atoms with Crippen molar-refractivity contribution in [2.75, 3.05) is 5.32 Å². The number of anilines is 1. The summed E-state index contributed by atoms with van der Waals surface area (Å²) in [5.74, 6) is -0.255. The van der Waals surface area contributed by atoms with E-state index in [0.29, 0.717) is 12.2 Å². The Labute approximate surface area is 181 Å². The number of amides is 1. The van der Waals surface area contributed by atoms with Crippen LogP contribution in [-0.2, 0) is 27.9 Å². The maximum Gasteiger partial charge on any atom is 0.329 e. The van der Waals surface area contributed by atoms with E-state index < -0.39 is 10.0 Å². The van der Waals surface area contributed by atoms with E-state index in [9.17, 15) is 18.0 Å². The number of carbonyl (C=O) groups excluding carboxylic acids is 1. The Hall–Kier alpha value is -2.91. The SMILES string of the molecule is CCCn1c(=O)n(CCC(=O)Nc2ccc(S(=O)(=O)NC(C)C)cc2)c2ccccc21. The summed E-state index contributed by atoms with van der Waals surface area (Å²) in [4.78, 5) is 25.4. The fourth-order valence-electron chi connectivity index (χ4n) is 3.46. The van der Waals surface area contributed by atoms with Crippen LogP contribution in [0, 0.1) is 0 Å². The summed E-state index contributed by atoms with van der Waals surface area (Å²) < 4.78 is 30.3. The number of rotatable bonds is 9. The molecule has 8 nitrogen and oxygen atoms in total. The van der Waals surface area contributed by atoms with Gasteiger partial charge in [-0.15, -0.1) is 0 Å². The maximum atomic E-state index is 12.8. The molecule has 3 aromatic rings. The van der Waals surface area contributed by atoms with E-state index in [1.165, 1.54) is 12.1 Å². The summed E-state index contributed by atoms with van der Waals surface area (Å²) in [6.45, 7) is 6.39. The van der Waals surface area contributed by atoms with Crippen molar-refractivity contribution in [2.45, 2.75) is 57.6 Å². The van der Waals surface area contributed by atoms with Crippen LogP contribution in [0.2, 0.25) is 0 Å². The number of hydrogen-bond acceptors (Lipinski definition) is 4. The number of nitrogens with zero attached hydrogens (tertiary/aromatic N) is 2. The smallest absolute Gasteiger partial charge is 0.326 e. The van der Waals surface area contributed by atoms with Crippen molar-refractivity contribution >= 4 is 32.7 Å². The maximum absolute atomic E-state index is 12.8. The molecule has 1 aromatic heterocycles. The van der Waals surface area contributed by atoms with Gasteiger partial charge in [0.05, 0.1) is 15.9 Å². The first-order valence-electron chi connectivity index (χ1n) is 10.3. The highest BCUT2D eigenvalue weighted by Crippen LogP contribution is 2.16. The number of para-hydroxylation sites is 2. The van der Waals surface area contributed by atoms with Crippen LogP contribution in [0.15, 0.2) is 58.2 Å². The standard InChI is InChI=1S/C22H28N4O4S/c1-4-14-25-19-7-5-6-8-20(19)26(22(25)28)15-13-21(27)23-17-9-11-18(12-10-17)31(29,30)24-16(2)3/h5-12,16,24H,4,13-15H2,1-3H3,(H,23,27). The molecule has 0 bridgehead atoms. The minimum atomic E-state index is -3.58. The number of benzene rings is 2. The second-order valence-corrected chi connectivity index (χ2v) is 9.39. The number of aromatic nitrogens is 2. The van der Waals surface area contributed by atoms with E-state index in [1.807, 2.05) is 31.2 Å². The first kappa shape index (κ1) is 22.8. The van der Waals surface area contributed by atoms with Crippen LogP contribution < -0.4 is 15.7 Å². The molecule has 166 valence electrons. The minimum absolute atomic E-state index is 0.120. The molecule has 0 aliphatic carbocycles. The van der Waals surface area contributed by atoms with Gasteiger partial charge in [-0.25, -0.2) is 17.9 Å². The molecule has 0 aliphatic rings. The number of sulfonamides is 1. The van der Waals surface area contributed by atoms with E-state index in [1.54, 1.807) is 35.1 Å². The lowest BCUT2D eigenvalue weighted by Gasteiger charge is -2.10. The fraction of sp³-hybridized carbons (Fsp3) is 0.364. The highest BCUT2D eigenvalue weighted by Gasteiger charge is 2.16. The van der Waals surface area contributed by atoms with Gasteiger partial charge in [-0.05, 0) is 56.7 Å². The van der Waals surface area contributed by atoms with Gasteiger partial charge in [-0.3, -0.25) is 13.9 Å². The summed E-state index contributed by atoms with van der Waals surface area (Å²) in [7, 11) is -3.58. The Morgan fingerprint density at radius 3 is 2.10 bits per heavy atom. The number of nitrogens with one attached hydrogen (secondary N) is 2. The van der Waals surface area contributed by atoms with E-state index in [0.717, 1.165) is 17.5 Å². The second kappa shape index (κ2) is 9.49. The number of imidazole rings is 1. The summed E-state index contributed by atoms with van der Waals surface area (Å²) in [5, 5.41) is 2.75. The Morgan fingerprint density at radius 1 is 0.968 bits per heavy atom. The third kappa shape index (κ3) is 5.23. The van der Waals surface area contributed by atoms with Gasteiger partial charge in [0.1, 0.15) is 0 Å². The average Bonchev–Trinajstić information content (AvgIpc) is 2.97. The summed E-state index contributed by atoms with van der Waals surface area (Å²) in [5.41, 5.74) is 2.04. The lowest BCUT2D eigenvalue weighted by molar-refractivity contribution is -0.116. The number of fused-ring (bicyclic) bond motifs is 1. The molecule has 0 aliphatic heterocycles. The highest BCUT2D eigenvalue weighted by atomic mass is 32.2. The summed E-state index contributed by atoms with van der Waals surface area (Å²) in [6.07, 6.45) is 0.960. The predicted molar refractivity (Wildman–Crippen MR) is 122 cm³/mol. The van der Waals surface area contributed by atoms with Crippen LogP contribution in [0.4, 0.5) is 5.69 Å². The van der Waals surface area contributed by atoms with Crippen molar-refractivity contribution in [2.24, 2.45) is 0 Å². The average molecular weight is 445 g/mol. The molecule has 0 saturated carbocycles. The van der Waals surface area contributed by atoms with Gasteiger partial charge >= 0.3 is 5.69 Å². The topological polar surface area (TPSA) is 102 Å². The van der Waals surface area contributed by atoms with Gasteiger partial charge in [0.2, 0.25) is 15.9 Å². The molecule has 2 aromatic carbocycles. The number of carbonyl (C=O) groups is 1. The van der Waals surface area contributed by atoms with Gasteiger partial charge in [-0.2, -0.15) is 0 Å². The van der Waals surface area contributed by atoms with E-state index in [4.69, 9.17) is 0 Å². The molecule has 2 N–H and O–H groups in total. The zero-order chi connectivity index (χ0) is 22.6. The van der Waals surface area contributed by atoms with Gasteiger partial charge in [0.25, 0.3) is 0 Å². The van der Waals surface area contributed by atoms with Crippen molar-refractivity contribution in [3.63, 3.8) is 0 Å². The molecule has 3 rings (SSSR count). The van der Waals surface area contributed by atoms with Gasteiger partial charge in [0.15, 0.2) is 0 Å². The normalized spacial score (nSPS) is 11.9. The van der Waals surface area contributed by atoms with Crippen LogP contribution in [0.1, 0.15) is 33.6 Å². The van der Waals surface area contributed by atoms with E-state index in [-0.39, 0.29) is 35.5 Å². The second-order valence-electron chi connectivity index (χ2n) is 7.67. The lowest BCUT2D eigenvalue weighted by Crippen LogP contribution is -2.30. The molecule has 0 radical (unpaired) electrons. The molecule has 0 saturated heterocycles. The lowest BCUT2D eigenvalue weighted by atomic mass is 10.3. The molecule has 0 fully saturated rings. The molecule has 9 heteroatoms. The van der Waals surface area contributed by atoms with Crippen molar-refractivity contribution < 1.29 is 13.2 Å². The Kier molecular flexibility index (Phi) is 6.97. The zero-order valence-corrected chi connectivity index (χ0v) is 18.8. The van der Waals surface area contributed by atoms with Crippen LogP contribution >= 0.6 is 0 Å². The molecule has 1 amide bonds. The first-order chi connectivity index (χ1) is 14.7. The Balaban J connectivity index is 1.69. The van der Waals surface area contributed by atoms with Gasteiger partial charge in [-0.1, -0.05) is 19.1 Å². The number of aryl methyl sites for hydroxylation is 2. The third-order valence-corrected chi connectivity index (χ3v) is 6.45. The molecular formula is C22H28N4O4S. The summed E-state index contributed by atoms with van der Waals surface area (Å²) in [6, 6.07) is 13.3. The number of hydrogen-bond donors (Lipinski definition) is 2.